The number of hydrogen-bond acceptors (Lipinski definition) is 3. The second-order valence-electron chi connectivity index (χ2n) is 18.5. The minimum Gasteiger partial charge on any atom is -0.456 e. The Bertz CT molecular complexity index is 4120. The van der Waals surface area contributed by atoms with Gasteiger partial charge in [0.25, 0.3) is 0 Å². The fourth-order valence-corrected chi connectivity index (χ4v) is 12.3. The molecule has 0 radical (unpaired) electrons. The molecule has 0 saturated heterocycles. The molecule has 316 valence electrons. The SMILES string of the molecule is CC1(C)c2cc(-c3ccc4sc5c(-c6ccccc6)c6ccccc6n5c4c3)ccc2-c2ccc(N(c3ccc(-c4ccccc4)cc3)c3ccc4c(c3)oc3ccc5ccccc5c34)cc21. The number of hydrogen-bond donors (Lipinski definition) is 0. The number of para-hydroxylation sites is 1. The molecule has 1 aliphatic carbocycles. The van der Waals surface area contributed by atoms with E-state index in [4.69, 9.17) is 4.42 Å². The van der Waals surface area contributed by atoms with Gasteiger partial charge in [-0.05, 0) is 128 Å². The molecule has 0 bridgehead atoms. The second kappa shape index (κ2) is 14.4. The topological polar surface area (TPSA) is 20.8 Å². The largest absolute Gasteiger partial charge is 0.456 e. The van der Waals surface area contributed by atoms with Gasteiger partial charge in [0.1, 0.15) is 16.0 Å². The van der Waals surface area contributed by atoms with E-state index in [1.165, 1.54) is 92.4 Å². The van der Waals surface area contributed by atoms with Crippen LogP contribution in [0.15, 0.2) is 223 Å². The zero-order valence-corrected chi connectivity index (χ0v) is 37.8. The van der Waals surface area contributed by atoms with Crippen molar-refractivity contribution in [1.82, 2.24) is 4.40 Å². The van der Waals surface area contributed by atoms with E-state index in [0.29, 0.717) is 0 Å². The Balaban J connectivity index is 0.876. The van der Waals surface area contributed by atoms with Gasteiger partial charge in [-0.2, -0.15) is 0 Å². The molecular weight excluding hydrogens is 833 g/mol. The lowest BCUT2D eigenvalue weighted by Crippen LogP contribution is -2.16. The Labute approximate surface area is 392 Å². The van der Waals surface area contributed by atoms with Crippen molar-refractivity contribution >= 4 is 87.1 Å². The maximum Gasteiger partial charge on any atom is 0.137 e. The molecule has 0 unspecified atom stereocenters. The first-order valence-corrected chi connectivity index (χ1v) is 23.9. The summed E-state index contributed by atoms with van der Waals surface area (Å²) in [7, 11) is 0. The Morgan fingerprint density at radius 2 is 1.04 bits per heavy atom. The summed E-state index contributed by atoms with van der Waals surface area (Å²) in [6, 6.07) is 79.9. The zero-order valence-electron chi connectivity index (χ0n) is 37.0. The third-order valence-electron chi connectivity index (χ3n) is 14.4. The molecule has 0 amide bonds. The number of anilines is 3. The molecule has 67 heavy (non-hydrogen) atoms. The van der Waals surface area contributed by atoms with Crippen LogP contribution in [0, 0.1) is 0 Å². The third-order valence-corrected chi connectivity index (χ3v) is 15.5. The number of benzene rings is 10. The van der Waals surface area contributed by atoms with Crippen LogP contribution >= 0.6 is 11.3 Å². The lowest BCUT2D eigenvalue weighted by molar-refractivity contribution is 0.660. The standard InChI is InChI=1S/C63H42N2OS/c1-63(2)53-35-43(44-25-34-59-56(36-44)65-55-20-12-11-19-51(55)60(62(65)67-59)42-16-7-4-8-17-42)23-30-49(53)50-31-28-46(37-54(50)63)64(45-26-21-40(22-27-45)39-13-5-3-6-14-39)47-29-32-52-58(38-47)66-57-33-24-41-15-9-10-18-48(41)61(52)57/h3-38H,1-2H3. The van der Waals surface area contributed by atoms with Crippen molar-refractivity contribution in [2.75, 3.05) is 4.90 Å². The molecule has 13 aromatic rings. The van der Waals surface area contributed by atoms with Crippen LogP contribution in [0.1, 0.15) is 25.0 Å². The van der Waals surface area contributed by atoms with Crippen LogP contribution in [-0.4, -0.2) is 4.40 Å². The van der Waals surface area contributed by atoms with Crippen LogP contribution in [0.3, 0.4) is 0 Å². The van der Waals surface area contributed by atoms with Crippen molar-refractivity contribution in [3.05, 3.63) is 230 Å². The van der Waals surface area contributed by atoms with Gasteiger partial charge in [0, 0.05) is 50.3 Å². The van der Waals surface area contributed by atoms with E-state index in [1.54, 1.807) is 0 Å². The van der Waals surface area contributed by atoms with Gasteiger partial charge in [0.2, 0.25) is 0 Å². The molecule has 1 aliphatic rings. The smallest absolute Gasteiger partial charge is 0.137 e. The van der Waals surface area contributed by atoms with E-state index in [-0.39, 0.29) is 5.41 Å². The summed E-state index contributed by atoms with van der Waals surface area (Å²) in [5.74, 6) is 0. The van der Waals surface area contributed by atoms with Gasteiger partial charge in [-0.15, -0.1) is 11.3 Å². The second-order valence-corrected chi connectivity index (χ2v) is 19.5. The highest BCUT2D eigenvalue weighted by atomic mass is 32.1. The Hall–Kier alpha value is -8.18. The van der Waals surface area contributed by atoms with Gasteiger partial charge in [-0.25, -0.2) is 0 Å². The maximum absolute atomic E-state index is 6.65. The van der Waals surface area contributed by atoms with Crippen molar-refractivity contribution in [3.63, 3.8) is 0 Å². The summed E-state index contributed by atoms with van der Waals surface area (Å²) in [6.07, 6.45) is 0. The van der Waals surface area contributed by atoms with E-state index in [1.807, 2.05) is 11.3 Å². The van der Waals surface area contributed by atoms with E-state index < -0.39 is 0 Å². The molecule has 0 saturated carbocycles. The summed E-state index contributed by atoms with van der Waals surface area (Å²) in [6.45, 7) is 4.77. The fourth-order valence-electron chi connectivity index (χ4n) is 11.1. The van der Waals surface area contributed by atoms with Gasteiger partial charge in [0.05, 0.1) is 15.7 Å². The molecule has 0 N–H and O–H groups in total. The normalized spacial score (nSPS) is 13.0. The van der Waals surface area contributed by atoms with E-state index >= 15 is 0 Å². The van der Waals surface area contributed by atoms with Crippen molar-refractivity contribution in [3.8, 4) is 44.5 Å². The Kier molecular flexibility index (Phi) is 8.20. The lowest BCUT2D eigenvalue weighted by atomic mass is 9.81. The van der Waals surface area contributed by atoms with E-state index in [9.17, 15) is 0 Å². The van der Waals surface area contributed by atoms with Crippen LogP contribution in [0.4, 0.5) is 17.1 Å². The molecule has 3 nitrogen and oxygen atoms in total. The first-order chi connectivity index (χ1) is 33.0. The quantitative estimate of drug-likeness (QED) is 0.166. The Morgan fingerprint density at radius 1 is 0.433 bits per heavy atom. The first-order valence-electron chi connectivity index (χ1n) is 23.1. The van der Waals surface area contributed by atoms with Crippen LogP contribution in [-0.2, 0) is 5.41 Å². The predicted molar refractivity (Wildman–Crippen MR) is 284 cm³/mol. The number of rotatable bonds is 6. The molecule has 0 atom stereocenters. The number of furan rings is 1. The van der Waals surface area contributed by atoms with Crippen LogP contribution in [0.5, 0.6) is 0 Å². The molecule has 4 heteroatoms. The first kappa shape index (κ1) is 38.1. The molecule has 0 aliphatic heterocycles. The number of fused-ring (bicyclic) bond motifs is 13. The van der Waals surface area contributed by atoms with Gasteiger partial charge < -0.3 is 9.32 Å². The van der Waals surface area contributed by atoms with Gasteiger partial charge in [-0.3, -0.25) is 4.40 Å². The van der Waals surface area contributed by atoms with E-state index in [2.05, 4.69) is 242 Å². The molecule has 3 heterocycles. The molecule has 3 aromatic heterocycles. The van der Waals surface area contributed by atoms with Crippen molar-refractivity contribution < 1.29 is 4.42 Å². The highest BCUT2D eigenvalue weighted by molar-refractivity contribution is 7.24. The summed E-state index contributed by atoms with van der Waals surface area (Å²) >= 11 is 1.88. The monoisotopic (exact) mass is 874 g/mol. The predicted octanol–water partition coefficient (Wildman–Crippen LogP) is 18.1. The van der Waals surface area contributed by atoms with Crippen LogP contribution in [0.2, 0.25) is 0 Å². The number of nitrogens with zero attached hydrogens (tertiary/aromatic N) is 2. The van der Waals surface area contributed by atoms with Crippen molar-refractivity contribution in [2.45, 2.75) is 19.3 Å². The number of aromatic nitrogens is 1. The third kappa shape index (κ3) is 5.76. The van der Waals surface area contributed by atoms with Gasteiger partial charge >= 0.3 is 0 Å². The van der Waals surface area contributed by atoms with Gasteiger partial charge in [-0.1, -0.05) is 159 Å². The molecule has 0 fully saturated rings. The van der Waals surface area contributed by atoms with Crippen molar-refractivity contribution in [2.24, 2.45) is 0 Å². The highest BCUT2D eigenvalue weighted by Gasteiger charge is 2.36. The highest BCUT2D eigenvalue weighted by Crippen LogP contribution is 2.52. The fraction of sp³-hybridized carbons (Fsp3) is 0.0476. The zero-order chi connectivity index (χ0) is 44.4. The molecule has 14 rings (SSSR count). The minimum absolute atomic E-state index is 0.246. The van der Waals surface area contributed by atoms with Crippen LogP contribution < -0.4 is 4.90 Å². The number of thiazole rings is 1. The molecule has 0 spiro atoms. The summed E-state index contributed by atoms with van der Waals surface area (Å²) in [5, 5.41) is 5.99. The van der Waals surface area contributed by atoms with Crippen LogP contribution in [0.25, 0.3) is 103 Å². The summed E-state index contributed by atoms with van der Waals surface area (Å²) < 4.78 is 10.4. The lowest BCUT2D eigenvalue weighted by Gasteiger charge is -2.28. The molecule has 10 aromatic carbocycles. The van der Waals surface area contributed by atoms with E-state index in [0.717, 1.165) is 39.0 Å². The average Bonchev–Trinajstić information content (AvgIpc) is 4.10. The van der Waals surface area contributed by atoms with Crippen molar-refractivity contribution in [1.29, 1.82) is 0 Å². The average molecular weight is 875 g/mol. The Morgan fingerprint density at radius 3 is 1.87 bits per heavy atom. The minimum atomic E-state index is -0.246. The maximum atomic E-state index is 6.65. The summed E-state index contributed by atoms with van der Waals surface area (Å²) in [4.78, 5) is 3.67. The summed E-state index contributed by atoms with van der Waals surface area (Å²) in [5.41, 5.74) is 19.9. The molecular formula is C63H42N2OS. The van der Waals surface area contributed by atoms with Gasteiger partial charge in [0.15, 0.2) is 0 Å².